The van der Waals surface area contributed by atoms with E-state index in [1.807, 2.05) is 24.3 Å². The Labute approximate surface area is 163 Å². The van der Waals surface area contributed by atoms with Gasteiger partial charge >= 0.3 is 0 Å². The molecule has 0 amide bonds. The molecule has 3 heterocycles. The van der Waals surface area contributed by atoms with Gasteiger partial charge in [0.15, 0.2) is 5.78 Å². The lowest BCUT2D eigenvalue weighted by Crippen LogP contribution is -2.49. The maximum atomic E-state index is 11.9. The van der Waals surface area contributed by atoms with Gasteiger partial charge < -0.3 is 16.0 Å². The third-order valence-corrected chi connectivity index (χ3v) is 5.64. The van der Waals surface area contributed by atoms with Crippen molar-refractivity contribution in [2.45, 2.75) is 12.5 Å². The molecule has 2 aromatic rings. The van der Waals surface area contributed by atoms with Crippen LogP contribution in [0.1, 0.15) is 17.2 Å². The zero-order valence-electron chi connectivity index (χ0n) is 15.1. The van der Waals surface area contributed by atoms with E-state index in [1.165, 1.54) is 0 Å². The van der Waals surface area contributed by atoms with E-state index in [0.29, 0.717) is 19.5 Å². The van der Waals surface area contributed by atoms with Crippen molar-refractivity contribution in [2.75, 3.05) is 49.5 Å². The van der Waals surface area contributed by atoms with Gasteiger partial charge in [0.1, 0.15) is 18.0 Å². The third kappa shape index (κ3) is 3.63. The number of halogens is 1. The van der Waals surface area contributed by atoms with Crippen LogP contribution in [0.25, 0.3) is 0 Å². The van der Waals surface area contributed by atoms with Gasteiger partial charge in [0.2, 0.25) is 0 Å². The number of piperazine rings is 1. The molecular weight excluding hydrogens is 364 g/mol. The summed E-state index contributed by atoms with van der Waals surface area (Å²) in [6, 6.07) is 7.99. The number of aromatic nitrogens is 2. The van der Waals surface area contributed by atoms with Crippen molar-refractivity contribution >= 4 is 29.0 Å². The van der Waals surface area contributed by atoms with E-state index in [1.54, 1.807) is 6.33 Å². The number of ketones is 1. The minimum atomic E-state index is 0.100. The van der Waals surface area contributed by atoms with Crippen molar-refractivity contribution < 1.29 is 4.79 Å². The number of nitrogens with one attached hydrogen (secondary N) is 1. The first-order chi connectivity index (χ1) is 13.2. The van der Waals surface area contributed by atoms with Crippen molar-refractivity contribution in [3.63, 3.8) is 0 Å². The number of hydrogen-bond acceptors (Lipinski definition) is 7. The normalized spacial score (nSPS) is 18.7. The molecule has 2 aliphatic rings. The molecule has 142 valence electrons. The Morgan fingerprint density at radius 2 is 1.96 bits per heavy atom. The molecule has 8 heteroatoms. The van der Waals surface area contributed by atoms with Gasteiger partial charge in [-0.3, -0.25) is 9.69 Å². The summed E-state index contributed by atoms with van der Waals surface area (Å²) >= 11 is 6.39. The molecule has 0 spiro atoms. The molecule has 2 aliphatic heterocycles. The average molecular weight is 387 g/mol. The van der Waals surface area contributed by atoms with Crippen LogP contribution in [0.2, 0.25) is 5.02 Å². The van der Waals surface area contributed by atoms with Crippen molar-refractivity contribution in [3.8, 4) is 0 Å². The number of Topliss-reactive ketones (excluding diaryl/α,β-unsaturated/α-hetero) is 1. The van der Waals surface area contributed by atoms with E-state index in [9.17, 15) is 4.79 Å². The second kappa shape index (κ2) is 7.80. The number of fused-ring (bicyclic) bond motifs is 1. The van der Waals surface area contributed by atoms with Crippen LogP contribution in [-0.4, -0.2) is 59.9 Å². The van der Waals surface area contributed by atoms with Crippen molar-refractivity contribution in [2.24, 2.45) is 5.73 Å². The average Bonchev–Trinajstić information content (AvgIpc) is 2.70. The number of rotatable bonds is 4. The Balaban J connectivity index is 1.50. The lowest BCUT2D eigenvalue weighted by atomic mass is 10.0. The standard InChI is InChI=1S/C19H23ClN6O/c20-16-4-2-1-3-14(16)17(10-21)25-5-7-26(8-6-25)19-15-9-13(27)11-22-18(15)23-12-24-19/h1-4,12,17H,5-11,21H2,(H,22,23,24). The summed E-state index contributed by atoms with van der Waals surface area (Å²) in [5, 5.41) is 3.84. The minimum absolute atomic E-state index is 0.100. The zero-order chi connectivity index (χ0) is 18.8. The number of benzene rings is 1. The summed E-state index contributed by atoms with van der Waals surface area (Å²) in [7, 11) is 0. The molecule has 1 unspecified atom stereocenters. The van der Waals surface area contributed by atoms with Gasteiger partial charge in [-0.15, -0.1) is 0 Å². The largest absolute Gasteiger partial charge is 0.363 e. The highest BCUT2D eigenvalue weighted by Gasteiger charge is 2.29. The highest BCUT2D eigenvalue weighted by Crippen LogP contribution is 2.30. The fraction of sp³-hybridized carbons (Fsp3) is 0.421. The maximum Gasteiger partial charge on any atom is 0.156 e. The van der Waals surface area contributed by atoms with Gasteiger partial charge in [-0.1, -0.05) is 29.8 Å². The fourth-order valence-corrected chi connectivity index (χ4v) is 4.16. The van der Waals surface area contributed by atoms with Gasteiger partial charge in [0.05, 0.1) is 6.54 Å². The summed E-state index contributed by atoms with van der Waals surface area (Å²) in [6.07, 6.45) is 1.96. The van der Waals surface area contributed by atoms with E-state index < -0.39 is 0 Å². The van der Waals surface area contributed by atoms with Gasteiger partial charge in [-0.2, -0.15) is 0 Å². The van der Waals surface area contributed by atoms with Crippen LogP contribution in [0.5, 0.6) is 0 Å². The quantitative estimate of drug-likeness (QED) is 0.823. The molecule has 1 atom stereocenters. The van der Waals surface area contributed by atoms with Crippen molar-refractivity contribution in [1.29, 1.82) is 0 Å². The van der Waals surface area contributed by atoms with Gasteiger partial charge in [0.25, 0.3) is 0 Å². The maximum absolute atomic E-state index is 11.9. The Morgan fingerprint density at radius 1 is 1.19 bits per heavy atom. The number of nitrogens with zero attached hydrogens (tertiary/aromatic N) is 4. The lowest BCUT2D eigenvalue weighted by Gasteiger charge is -2.40. The summed E-state index contributed by atoms with van der Waals surface area (Å²) < 4.78 is 0. The first kappa shape index (κ1) is 18.2. The number of hydrogen-bond donors (Lipinski definition) is 2. The summed E-state index contributed by atoms with van der Waals surface area (Å²) in [5.41, 5.74) is 8.06. The summed E-state index contributed by atoms with van der Waals surface area (Å²) in [5.74, 6) is 1.80. The third-order valence-electron chi connectivity index (χ3n) is 5.29. The van der Waals surface area contributed by atoms with Gasteiger partial charge in [0, 0.05) is 55.8 Å². The Morgan fingerprint density at radius 3 is 2.70 bits per heavy atom. The van der Waals surface area contributed by atoms with Gasteiger partial charge in [-0.25, -0.2) is 9.97 Å². The molecule has 1 aromatic carbocycles. The Hall–Kier alpha value is -2.22. The predicted molar refractivity (Wildman–Crippen MR) is 106 cm³/mol. The number of nitrogens with two attached hydrogens (primary N) is 1. The van der Waals surface area contributed by atoms with Crippen LogP contribution in [-0.2, 0) is 11.2 Å². The molecule has 1 fully saturated rings. The number of carbonyl (C=O) groups is 1. The molecule has 7 nitrogen and oxygen atoms in total. The second-order valence-electron chi connectivity index (χ2n) is 6.89. The monoisotopic (exact) mass is 386 g/mol. The Bertz CT molecular complexity index is 837. The molecule has 3 N–H and O–H groups in total. The molecule has 0 bridgehead atoms. The topological polar surface area (TPSA) is 87.4 Å². The highest BCUT2D eigenvalue weighted by atomic mass is 35.5. The van der Waals surface area contributed by atoms with Crippen LogP contribution < -0.4 is 16.0 Å². The van der Waals surface area contributed by atoms with E-state index in [4.69, 9.17) is 17.3 Å². The van der Waals surface area contributed by atoms with E-state index in [-0.39, 0.29) is 11.8 Å². The van der Waals surface area contributed by atoms with Crippen LogP contribution in [0.15, 0.2) is 30.6 Å². The minimum Gasteiger partial charge on any atom is -0.363 e. The highest BCUT2D eigenvalue weighted by molar-refractivity contribution is 6.31. The summed E-state index contributed by atoms with van der Waals surface area (Å²) in [4.78, 5) is 25.2. The molecule has 1 saturated heterocycles. The number of carbonyl (C=O) groups excluding carboxylic acids is 1. The van der Waals surface area contributed by atoms with Crippen LogP contribution in [0.3, 0.4) is 0 Å². The van der Waals surface area contributed by atoms with Crippen molar-refractivity contribution in [3.05, 3.63) is 46.7 Å². The molecule has 4 rings (SSSR count). The molecule has 27 heavy (non-hydrogen) atoms. The first-order valence-corrected chi connectivity index (χ1v) is 9.58. The van der Waals surface area contributed by atoms with E-state index in [0.717, 1.165) is 54.0 Å². The number of anilines is 2. The predicted octanol–water partition coefficient (Wildman–Crippen LogP) is 1.49. The second-order valence-corrected chi connectivity index (χ2v) is 7.30. The summed E-state index contributed by atoms with van der Waals surface area (Å²) in [6.45, 7) is 4.20. The molecule has 1 aromatic heterocycles. The Kier molecular flexibility index (Phi) is 5.24. The van der Waals surface area contributed by atoms with E-state index >= 15 is 0 Å². The molecule has 0 radical (unpaired) electrons. The molecule has 0 aliphatic carbocycles. The fourth-order valence-electron chi connectivity index (χ4n) is 3.90. The molecular formula is C19H23ClN6O. The lowest BCUT2D eigenvalue weighted by molar-refractivity contribution is -0.117. The van der Waals surface area contributed by atoms with Gasteiger partial charge in [-0.05, 0) is 11.6 Å². The first-order valence-electron chi connectivity index (χ1n) is 9.20. The van der Waals surface area contributed by atoms with Crippen LogP contribution in [0, 0.1) is 0 Å². The SMILES string of the molecule is NCC(c1ccccc1Cl)N1CCN(c2ncnc3c2CC(=O)CN3)CC1. The van der Waals surface area contributed by atoms with Crippen LogP contribution >= 0.6 is 11.6 Å². The van der Waals surface area contributed by atoms with Crippen LogP contribution in [0.4, 0.5) is 11.6 Å². The smallest absolute Gasteiger partial charge is 0.156 e. The molecule has 0 saturated carbocycles. The van der Waals surface area contributed by atoms with E-state index in [2.05, 4.69) is 25.1 Å². The van der Waals surface area contributed by atoms with Crippen molar-refractivity contribution in [1.82, 2.24) is 14.9 Å². The zero-order valence-corrected chi connectivity index (χ0v) is 15.8.